The maximum Gasteiger partial charge on any atom is 0.139 e. The minimum absolute atomic E-state index is 0.240. The quantitative estimate of drug-likeness (QED) is 0.695. The predicted molar refractivity (Wildman–Crippen MR) is 84.7 cm³/mol. The maximum absolute atomic E-state index is 13.7. The Morgan fingerprint density at radius 2 is 2.26 bits per heavy atom. The minimum atomic E-state index is -0.273. The van der Waals surface area contributed by atoms with Crippen LogP contribution in [0.25, 0.3) is 11.0 Å². The Labute approximate surface area is 129 Å². The van der Waals surface area contributed by atoms with Gasteiger partial charge in [0.15, 0.2) is 0 Å². The van der Waals surface area contributed by atoms with Crippen LogP contribution < -0.4 is 0 Å². The second-order valence-corrected chi connectivity index (χ2v) is 6.74. The highest BCUT2D eigenvalue weighted by atomic mass is 79.9. The van der Waals surface area contributed by atoms with E-state index >= 15 is 0 Å². The zero-order valence-corrected chi connectivity index (χ0v) is 13.9. The number of imidazole rings is 1. The van der Waals surface area contributed by atoms with Gasteiger partial charge in [-0.2, -0.15) is 11.8 Å². The molecule has 0 aliphatic rings. The van der Waals surface area contributed by atoms with Gasteiger partial charge < -0.3 is 4.57 Å². The number of benzene rings is 1. The fourth-order valence-electron chi connectivity index (χ4n) is 2.09. The first-order valence-electron chi connectivity index (χ1n) is 6.08. The lowest BCUT2D eigenvalue weighted by Crippen LogP contribution is -2.11. The molecule has 0 amide bonds. The van der Waals surface area contributed by atoms with Crippen LogP contribution in [0.3, 0.4) is 0 Å². The highest BCUT2D eigenvalue weighted by Crippen LogP contribution is 2.28. The van der Waals surface area contributed by atoms with E-state index in [0.29, 0.717) is 10.4 Å². The van der Waals surface area contributed by atoms with E-state index in [1.807, 2.05) is 16.3 Å². The lowest BCUT2D eigenvalue weighted by Gasteiger charge is -2.16. The van der Waals surface area contributed by atoms with E-state index in [4.69, 9.17) is 11.6 Å². The van der Waals surface area contributed by atoms with Gasteiger partial charge >= 0.3 is 0 Å². The van der Waals surface area contributed by atoms with Crippen LogP contribution in [0.2, 0.25) is 0 Å². The second-order valence-electron chi connectivity index (χ2n) is 4.30. The van der Waals surface area contributed by atoms with Gasteiger partial charge in [0.1, 0.15) is 11.6 Å². The molecule has 2 aromatic rings. The molecule has 1 aromatic carbocycles. The lowest BCUT2D eigenvalue weighted by molar-refractivity contribution is 0.598. The topological polar surface area (TPSA) is 17.8 Å². The predicted octanol–water partition coefficient (Wildman–Crippen LogP) is 4.99. The summed E-state index contributed by atoms with van der Waals surface area (Å²) in [6.07, 6.45) is 0. The normalized spacial score (nSPS) is 13.1. The summed E-state index contributed by atoms with van der Waals surface area (Å²) in [5, 5.41) is 0. The van der Waals surface area contributed by atoms with Crippen LogP contribution >= 0.6 is 39.3 Å². The molecular formula is C13H15BrClFN2S. The molecule has 2 rings (SSSR count). The molecule has 0 N–H and O–H groups in total. The van der Waals surface area contributed by atoms with Gasteiger partial charge in [0.05, 0.1) is 21.4 Å². The summed E-state index contributed by atoms with van der Waals surface area (Å²) >= 11 is 11.0. The Morgan fingerprint density at radius 1 is 1.53 bits per heavy atom. The SMILES string of the molecule is CCSCC(C)n1c(CCl)nc2cc(Br)c(F)cc21. The van der Waals surface area contributed by atoms with E-state index in [1.165, 1.54) is 6.07 Å². The molecule has 0 spiro atoms. The number of alkyl halides is 1. The van der Waals surface area contributed by atoms with Gasteiger partial charge in [-0.05, 0) is 34.7 Å². The van der Waals surface area contributed by atoms with E-state index in [9.17, 15) is 4.39 Å². The largest absolute Gasteiger partial charge is 0.323 e. The summed E-state index contributed by atoms with van der Waals surface area (Å²) in [6, 6.07) is 3.47. The van der Waals surface area contributed by atoms with Crippen LogP contribution in [0.5, 0.6) is 0 Å². The standard InChI is InChI=1S/C13H15BrClFN2S/c1-3-19-7-8(2)18-12-5-10(16)9(14)4-11(12)17-13(18)6-15/h4-5,8H,3,6-7H2,1-2H3. The maximum atomic E-state index is 13.7. The Balaban J connectivity index is 2.53. The zero-order valence-electron chi connectivity index (χ0n) is 10.8. The summed E-state index contributed by atoms with van der Waals surface area (Å²) in [7, 11) is 0. The first kappa shape index (κ1) is 15.1. The van der Waals surface area contributed by atoms with Gasteiger partial charge in [0.2, 0.25) is 0 Å². The number of halogens is 3. The van der Waals surface area contributed by atoms with Crippen molar-refractivity contribution < 1.29 is 4.39 Å². The van der Waals surface area contributed by atoms with Gasteiger partial charge in [0, 0.05) is 17.9 Å². The van der Waals surface area contributed by atoms with Crippen LogP contribution in [-0.4, -0.2) is 21.1 Å². The Bertz CT molecular complexity index is 588. The van der Waals surface area contributed by atoms with Gasteiger partial charge in [0.25, 0.3) is 0 Å². The molecule has 2 nitrogen and oxygen atoms in total. The first-order valence-corrected chi connectivity index (χ1v) is 8.56. The summed E-state index contributed by atoms with van der Waals surface area (Å²) in [4.78, 5) is 4.49. The monoisotopic (exact) mass is 364 g/mol. The number of fused-ring (bicyclic) bond motifs is 1. The van der Waals surface area contributed by atoms with E-state index in [2.05, 4.69) is 34.8 Å². The fraction of sp³-hybridized carbons (Fsp3) is 0.462. The smallest absolute Gasteiger partial charge is 0.139 e. The number of rotatable bonds is 5. The molecule has 0 bridgehead atoms. The molecule has 104 valence electrons. The third-order valence-corrected chi connectivity index (χ3v) is 4.90. The number of nitrogens with zero attached hydrogens (tertiary/aromatic N) is 2. The molecule has 1 heterocycles. The molecule has 0 saturated carbocycles. The minimum Gasteiger partial charge on any atom is -0.323 e. The van der Waals surface area contributed by atoms with E-state index < -0.39 is 0 Å². The molecular weight excluding hydrogens is 351 g/mol. The Hall–Kier alpha value is -0.260. The molecule has 0 aliphatic carbocycles. The van der Waals surface area contributed by atoms with Crippen LogP contribution in [-0.2, 0) is 5.88 Å². The van der Waals surface area contributed by atoms with Crippen molar-refractivity contribution in [3.05, 3.63) is 28.2 Å². The molecule has 1 atom stereocenters. The molecule has 0 radical (unpaired) electrons. The van der Waals surface area contributed by atoms with E-state index in [1.54, 1.807) is 6.07 Å². The van der Waals surface area contributed by atoms with Gasteiger partial charge in [-0.15, -0.1) is 11.6 Å². The fourth-order valence-corrected chi connectivity index (χ4v) is 3.34. The lowest BCUT2D eigenvalue weighted by atomic mass is 10.3. The van der Waals surface area contributed by atoms with Crippen molar-refractivity contribution in [3.63, 3.8) is 0 Å². The average Bonchev–Trinajstić information content (AvgIpc) is 2.74. The zero-order chi connectivity index (χ0) is 14.0. The van der Waals surface area contributed by atoms with Crippen molar-refractivity contribution in [1.82, 2.24) is 9.55 Å². The van der Waals surface area contributed by atoms with Crippen LogP contribution in [0, 0.1) is 5.82 Å². The third-order valence-electron chi connectivity index (χ3n) is 2.93. The van der Waals surface area contributed by atoms with Crippen molar-refractivity contribution >= 4 is 50.3 Å². The molecule has 1 unspecified atom stereocenters. The number of aromatic nitrogens is 2. The molecule has 1 aromatic heterocycles. The summed E-state index contributed by atoms with van der Waals surface area (Å²) < 4.78 is 16.2. The van der Waals surface area contributed by atoms with Crippen LogP contribution in [0.15, 0.2) is 16.6 Å². The average molecular weight is 366 g/mol. The van der Waals surface area contributed by atoms with Crippen molar-refractivity contribution in [1.29, 1.82) is 0 Å². The van der Waals surface area contributed by atoms with Crippen LogP contribution in [0.4, 0.5) is 4.39 Å². The summed E-state index contributed by atoms with van der Waals surface area (Å²) in [5.41, 5.74) is 1.58. The van der Waals surface area contributed by atoms with E-state index in [0.717, 1.165) is 28.4 Å². The van der Waals surface area contributed by atoms with Gasteiger partial charge in [-0.1, -0.05) is 6.92 Å². The highest BCUT2D eigenvalue weighted by Gasteiger charge is 2.17. The number of hydrogen-bond donors (Lipinski definition) is 0. The Kier molecular flexibility index (Phi) is 5.15. The molecule has 0 aliphatic heterocycles. The molecule has 6 heteroatoms. The van der Waals surface area contributed by atoms with Crippen molar-refractivity contribution in [2.45, 2.75) is 25.8 Å². The van der Waals surface area contributed by atoms with Crippen LogP contribution in [0.1, 0.15) is 25.7 Å². The van der Waals surface area contributed by atoms with Crippen molar-refractivity contribution in [2.75, 3.05) is 11.5 Å². The highest BCUT2D eigenvalue weighted by molar-refractivity contribution is 9.10. The molecule has 19 heavy (non-hydrogen) atoms. The van der Waals surface area contributed by atoms with Crippen molar-refractivity contribution in [3.8, 4) is 0 Å². The summed E-state index contributed by atoms with van der Waals surface area (Å²) in [6.45, 7) is 4.24. The second kappa shape index (κ2) is 6.46. The van der Waals surface area contributed by atoms with E-state index in [-0.39, 0.29) is 11.9 Å². The molecule has 0 fully saturated rings. The van der Waals surface area contributed by atoms with Gasteiger partial charge in [-0.3, -0.25) is 0 Å². The number of thioether (sulfide) groups is 1. The van der Waals surface area contributed by atoms with Gasteiger partial charge in [-0.25, -0.2) is 9.37 Å². The Morgan fingerprint density at radius 3 is 2.89 bits per heavy atom. The summed E-state index contributed by atoms with van der Waals surface area (Å²) in [5.74, 6) is 2.87. The number of hydrogen-bond acceptors (Lipinski definition) is 2. The third kappa shape index (κ3) is 3.09. The molecule has 0 saturated heterocycles. The van der Waals surface area contributed by atoms with Crippen molar-refractivity contribution in [2.24, 2.45) is 0 Å². The first-order chi connectivity index (χ1) is 9.08.